The van der Waals surface area contributed by atoms with Gasteiger partial charge in [-0.15, -0.1) is 0 Å². The third-order valence-electron chi connectivity index (χ3n) is 3.03. The van der Waals surface area contributed by atoms with Crippen LogP contribution < -0.4 is 5.32 Å². The first-order valence-electron chi connectivity index (χ1n) is 5.66. The normalized spacial score (nSPS) is 20.1. The Morgan fingerprint density at radius 3 is 1.71 bits per heavy atom. The van der Waals surface area contributed by atoms with Crippen LogP contribution in [0.5, 0.6) is 0 Å². The molecule has 0 bridgehead atoms. The van der Waals surface area contributed by atoms with Gasteiger partial charge in [-0.05, 0) is 23.8 Å². The van der Waals surface area contributed by atoms with Gasteiger partial charge < -0.3 is 5.32 Å². The van der Waals surface area contributed by atoms with Crippen molar-refractivity contribution >= 4 is 0 Å². The maximum atomic E-state index is 3.49. The van der Waals surface area contributed by atoms with Gasteiger partial charge in [0.15, 0.2) is 0 Å². The molecule has 1 nitrogen and oxygen atoms in total. The Hall–Kier alpha value is -0.300. The summed E-state index contributed by atoms with van der Waals surface area (Å²) < 4.78 is 0. The fourth-order valence-electron chi connectivity index (χ4n) is 2.23. The van der Waals surface area contributed by atoms with Gasteiger partial charge in [-0.2, -0.15) is 0 Å². The fourth-order valence-corrected chi connectivity index (χ4v) is 2.23. The Balaban J connectivity index is 3.10. The lowest BCUT2D eigenvalue weighted by Crippen LogP contribution is -2.34. The molecule has 1 rings (SSSR count). The van der Waals surface area contributed by atoms with Gasteiger partial charge in [0.1, 0.15) is 0 Å². The van der Waals surface area contributed by atoms with E-state index in [-0.39, 0.29) is 0 Å². The van der Waals surface area contributed by atoms with E-state index in [1.165, 1.54) is 6.42 Å². The second-order valence-electron chi connectivity index (χ2n) is 6.38. The predicted octanol–water partition coefficient (Wildman–Crippen LogP) is 3.37. The van der Waals surface area contributed by atoms with Crippen LogP contribution >= 0.6 is 0 Å². The van der Waals surface area contributed by atoms with E-state index in [0.717, 1.165) is 13.1 Å². The van der Waals surface area contributed by atoms with E-state index in [1.54, 1.807) is 11.1 Å². The van der Waals surface area contributed by atoms with E-state index in [9.17, 15) is 0 Å². The maximum absolute atomic E-state index is 3.49. The Kier molecular flexibility index (Phi) is 3.10. The molecule has 0 spiro atoms. The van der Waals surface area contributed by atoms with Crippen molar-refractivity contribution in [3.63, 3.8) is 0 Å². The van der Waals surface area contributed by atoms with Crippen LogP contribution in [0.15, 0.2) is 11.1 Å². The fraction of sp³-hybridized carbons (Fsp3) is 0.846. The number of rotatable bonds is 0. The van der Waals surface area contributed by atoms with Gasteiger partial charge in [0, 0.05) is 6.54 Å². The van der Waals surface area contributed by atoms with Crippen LogP contribution in [0.1, 0.15) is 48.0 Å². The van der Waals surface area contributed by atoms with Crippen LogP contribution in [0.3, 0.4) is 0 Å². The number of hydrogen-bond donors (Lipinski definition) is 1. The average Bonchev–Trinajstić information content (AvgIpc) is 2.01. The van der Waals surface area contributed by atoms with Crippen LogP contribution in [0, 0.1) is 10.8 Å². The lowest BCUT2D eigenvalue weighted by Gasteiger charge is -2.37. The van der Waals surface area contributed by atoms with E-state index in [2.05, 4.69) is 46.9 Å². The van der Waals surface area contributed by atoms with E-state index >= 15 is 0 Å². The summed E-state index contributed by atoms with van der Waals surface area (Å²) in [4.78, 5) is 0. The van der Waals surface area contributed by atoms with Crippen molar-refractivity contribution in [2.75, 3.05) is 13.1 Å². The highest BCUT2D eigenvalue weighted by molar-refractivity contribution is 5.28. The van der Waals surface area contributed by atoms with Gasteiger partial charge >= 0.3 is 0 Å². The number of hydrogen-bond acceptors (Lipinski definition) is 1. The minimum Gasteiger partial charge on any atom is -0.313 e. The van der Waals surface area contributed by atoms with Gasteiger partial charge in [-0.1, -0.05) is 52.7 Å². The first-order chi connectivity index (χ1) is 6.23. The second kappa shape index (κ2) is 3.69. The zero-order chi connectivity index (χ0) is 11.0. The molecule has 1 N–H and O–H groups in total. The quantitative estimate of drug-likeness (QED) is 0.584. The van der Waals surface area contributed by atoms with Crippen LogP contribution in [0.2, 0.25) is 0 Å². The molecule has 0 amide bonds. The topological polar surface area (TPSA) is 12.0 Å². The largest absolute Gasteiger partial charge is 0.313 e. The summed E-state index contributed by atoms with van der Waals surface area (Å²) in [7, 11) is 0. The maximum Gasteiger partial charge on any atom is 0.0172 e. The molecule has 0 unspecified atom stereocenters. The number of nitrogens with one attached hydrogen (secondary N) is 1. The molecule has 1 heteroatoms. The van der Waals surface area contributed by atoms with Crippen molar-refractivity contribution in [3.05, 3.63) is 11.1 Å². The van der Waals surface area contributed by atoms with Crippen molar-refractivity contribution in [1.82, 2.24) is 5.32 Å². The Morgan fingerprint density at radius 1 is 0.857 bits per heavy atom. The molecule has 0 saturated heterocycles. The highest BCUT2D eigenvalue weighted by Gasteiger charge is 2.29. The molecule has 0 fully saturated rings. The highest BCUT2D eigenvalue weighted by atomic mass is 14.9. The summed E-state index contributed by atoms with van der Waals surface area (Å²) in [5.74, 6) is 0. The van der Waals surface area contributed by atoms with Crippen LogP contribution in [-0.2, 0) is 0 Å². The van der Waals surface area contributed by atoms with Crippen molar-refractivity contribution in [2.24, 2.45) is 10.8 Å². The molecule has 0 radical (unpaired) electrons. The Bertz CT molecular complexity index is 209. The molecule has 0 aliphatic carbocycles. The lowest BCUT2D eigenvalue weighted by molar-refractivity contribution is 0.396. The summed E-state index contributed by atoms with van der Waals surface area (Å²) in [6.07, 6.45) is 1.22. The minimum atomic E-state index is 0.316. The second-order valence-corrected chi connectivity index (χ2v) is 6.38. The molecule has 1 aliphatic rings. The van der Waals surface area contributed by atoms with E-state index in [4.69, 9.17) is 0 Å². The Morgan fingerprint density at radius 2 is 1.36 bits per heavy atom. The molecular formula is C13H25N. The van der Waals surface area contributed by atoms with Gasteiger partial charge in [-0.25, -0.2) is 0 Å². The van der Waals surface area contributed by atoms with E-state index in [0.29, 0.717) is 10.8 Å². The molecule has 0 aromatic carbocycles. The summed E-state index contributed by atoms with van der Waals surface area (Å²) in [6.45, 7) is 16.2. The summed E-state index contributed by atoms with van der Waals surface area (Å²) in [5.41, 5.74) is 3.95. The van der Waals surface area contributed by atoms with Crippen LogP contribution in [0.25, 0.3) is 0 Å². The summed E-state index contributed by atoms with van der Waals surface area (Å²) in [6, 6.07) is 0. The Labute approximate surface area is 89.0 Å². The van der Waals surface area contributed by atoms with Gasteiger partial charge in [0.25, 0.3) is 0 Å². The molecule has 0 saturated carbocycles. The molecule has 0 aromatic heterocycles. The molecule has 1 aliphatic heterocycles. The summed E-state index contributed by atoms with van der Waals surface area (Å²) in [5, 5.41) is 3.49. The smallest absolute Gasteiger partial charge is 0.0172 e. The van der Waals surface area contributed by atoms with Gasteiger partial charge in [0.05, 0.1) is 0 Å². The lowest BCUT2D eigenvalue weighted by atomic mass is 9.72. The van der Waals surface area contributed by atoms with E-state index < -0.39 is 0 Å². The molecule has 82 valence electrons. The molecule has 14 heavy (non-hydrogen) atoms. The predicted molar refractivity (Wildman–Crippen MR) is 63.4 cm³/mol. The van der Waals surface area contributed by atoms with Crippen LogP contribution in [0.4, 0.5) is 0 Å². The van der Waals surface area contributed by atoms with Gasteiger partial charge in [0.2, 0.25) is 0 Å². The summed E-state index contributed by atoms with van der Waals surface area (Å²) >= 11 is 0. The van der Waals surface area contributed by atoms with Crippen molar-refractivity contribution in [3.8, 4) is 0 Å². The molecule has 0 atom stereocenters. The molecular weight excluding hydrogens is 170 g/mol. The van der Waals surface area contributed by atoms with Crippen molar-refractivity contribution in [2.45, 2.75) is 48.0 Å². The molecule has 1 heterocycles. The first kappa shape index (κ1) is 11.8. The third kappa shape index (κ3) is 2.60. The monoisotopic (exact) mass is 195 g/mol. The van der Waals surface area contributed by atoms with Crippen LogP contribution in [-0.4, -0.2) is 13.1 Å². The van der Waals surface area contributed by atoms with Crippen molar-refractivity contribution in [1.29, 1.82) is 0 Å². The standard InChI is InChI=1S/C13H25N/c1-12(2,3)10-7-8-14-9-11(10)13(4,5)6/h14H,7-9H2,1-6H3. The molecule has 0 aromatic rings. The first-order valence-corrected chi connectivity index (χ1v) is 5.66. The van der Waals surface area contributed by atoms with E-state index in [1.807, 2.05) is 0 Å². The average molecular weight is 195 g/mol. The SMILES string of the molecule is CC(C)(C)C1=C(C(C)(C)C)CNCC1. The minimum absolute atomic E-state index is 0.316. The zero-order valence-corrected chi connectivity index (χ0v) is 10.6. The van der Waals surface area contributed by atoms with Crippen molar-refractivity contribution < 1.29 is 0 Å². The third-order valence-corrected chi connectivity index (χ3v) is 3.03. The van der Waals surface area contributed by atoms with Gasteiger partial charge in [-0.3, -0.25) is 0 Å². The highest BCUT2D eigenvalue weighted by Crippen LogP contribution is 2.39. The zero-order valence-electron chi connectivity index (χ0n) is 10.6.